The quantitative estimate of drug-likeness (QED) is 0.697. The molecule has 0 spiro atoms. The first-order valence-corrected chi connectivity index (χ1v) is 8.07. The van der Waals surface area contributed by atoms with Crippen molar-refractivity contribution < 1.29 is 4.79 Å². The number of carbonyl (C=O) groups excluding carboxylic acids is 1. The van der Waals surface area contributed by atoms with Gasteiger partial charge >= 0.3 is 0 Å². The Morgan fingerprint density at radius 2 is 2.06 bits per heavy atom. The molecule has 2 aliphatic rings. The molecule has 2 unspecified atom stereocenters. The maximum Gasteiger partial charge on any atom is 0.136 e. The molecule has 1 heteroatoms. The first-order chi connectivity index (χ1) is 8.54. The monoisotopic (exact) mass is 250 g/mol. The topological polar surface area (TPSA) is 17.1 Å². The molecule has 0 radical (unpaired) electrons. The minimum atomic E-state index is 0.391. The molecule has 2 saturated carbocycles. The SMILES string of the molecule is CCC[C@@H]1C(=O)CC[C@]2(C)C([C@H](C)CC)CCC12. The number of fused-ring (bicyclic) bond motifs is 1. The molecule has 0 aromatic rings. The Morgan fingerprint density at radius 1 is 1.33 bits per heavy atom. The van der Waals surface area contributed by atoms with Crippen molar-refractivity contribution in [2.45, 2.75) is 72.6 Å². The van der Waals surface area contributed by atoms with Crippen molar-refractivity contribution in [2.75, 3.05) is 0 Å². The van der Waals surface area contributed by atoms with Gasteiger partial charge in [-0.05, 0) is 48.9 Å². The van der Waals surface area contributed by atoms with Crippen LogP contribution in [0.25, 0.3) is 0 Å². The zero-order valence-electron chi connectivity index (χ0n) is 12.7. The third kappa shape index (κ3) is 2.14. The second-order valence-electron chi connectivity index (χ2n) is 7.04. The Balaban J connectivity index is 2.21. The van der Waals surface area contributed by atoms with Crippen LogP contribution in [0.3, 0.4) is 0 Å². The van der Waals surface area contributed by atoms with Gasteiger partial charge < -0.3 is 0 Å². The fourth-order valence-corrected chi connectivity index (χ4v) is 5.02. The van der Waals surface area contributed by atoms with Crippen molar-refractivity contribution in [2.24, 2.45) is 29.1 Å². The molecule has 0 bridgehead atoms. The predicted molar refractivity (Wildman–Crippen MR) is 76.4 cm³/mol. The van der Waals surface area contributed by atoms with E-state index in [0.717, 1.165) is 37.5 Å². The standard InChI is InChI=1S/C17H30O/c1-5-7-13-15-9-8-14(12(3)6-2)17(15,4)11-10-16(13)18/h12-15H,5-11H2,1-4H3/t12-,13+,14?,15?,17-/m1/s1. The number of Topliss-reactive ketones (excluding diaryl/α,β-unsaturated/α-hetero) is 1. The lowest BCUT2D eigenvalue weighted by molar-refractivity contribution is -0.132. The van der Waals surface area contributed by atoms with Crippen molar-refractivity contribution >= 4 is 5.78 Å². The molecule has 0 N–H and O–H groups in total. The molecule has 0 aromatic heterocycles. The molecule has 0 heterocycles. The number of hydrogen-bond acceptors (Lipinski definition) is 1. The van der Waals surface area contributed by atoms with E-state index in [4.69, 9.17) is 0 Å². The van der Waals surface area contributed by atoms with Crippen molar-refractivity contribution in [3.05, 3.63) is 0 Å². The second-order valence-corrected chi connectivity index (χ2v) is 7.04. The van der Waals surface area contributed by atoms with Gasteiger partial charge in [-0.3, -0.25) is 4.79 Å². The summed E-state index contributed by atoms with van der Waals surface area (Å²) in [5.41, 5.74) is 0.461. The van der Waals surface area contributed by atoms with Gasteiger partial charge in [-0.25, -0.2) is 0 Å². The summed E-state index contributed by atoms with van der Waals surface area (Å²) in [7, 11) is 0. The van der Waals surface area contributed by atoms with E-state index < -0.39 is 0 Å². The summed E-state index contributed by atoms with van der Waals surface area (Å²) >= 11 is 0. The largest absolute Gasteiger partial charge is 0.299 e. The highest BCUT2D eigenvalue weighted by atomic mass is 16.1. The molecule has 2 aliphatic carbocycles. The summed E-state index contributed by atoms with van der Waals surface area (Å²) in [6, 6.07) is 0. The smallest absolute Gasteiger partial charge is 0.136 e. The van der Waals surface area contributed by atoms with Gasteiger partial charge in [-0.2, -0.15) is 0 Å². The first-order valence-electron chi connectivity index (χ1n) is 8.07. The third-order valence-corrected chi connectivity index (χ3v) is 6.22. The Kier molecular flexibility index (Phi) is 4.18. The first kappa shape index (κ1) is 14.1. The maximum absolute atomic E-state index is 12.2. The fourth-order valence-electron chi connectivity index (χ4n) is 5.02. The Labute approximate surface area is 113 Å². The van der Waals surface area contributed by atoms with E-state index in [1.165, 1.54) is 19.3 Å². The minimum absolute atomic E-state index is 0.391. The van der Waals surface area contributed by atoms with Crippen molar-refractivity contribution in [3.63, 3.8) is 0 Å². The second kappa shape index (κ2) is 5.35. The van der Waals surface area contributed by atoms with E-state index in [0.29, 0.717) is 23.0 Å². The molecule has 0 amide bonds. The van der Waals surface area contributed by atoms with Crippen LogP contribution in [-0.4, -0.2) is 5.78 Å². The van der Waals surface area contributed by atoms with Crippen LogP contribution in [0.2, 0.25) is 0 Å². The number of carbonyl (C=O) groups is 1. The van der Waals surface area contributed by atoms with E-state index in [2.05, 4.69) is 27.7 Å². The summed E-state index contributed by atoms with van der Waals surface area (Å²) in [6.45, 7) is 9.46. The lowest BCUT2D eigenvalue weighted by Crippen LogP contribution is -2.43. The van der Waals surface area contributed by atoms with E-state index >= 15 is 0 Å². The molecule has 2 rings (SSSR count). The molecule has 2 fully saturated rings. The lowest BCUT2D eigenvalue weighted by Gasteiger charge is -2.46. The summed E-state index contributed by atoms with van der Waals surface area (Å²) in [5.74, 6) is 3.35. The maximum atomic E-state index is 12.2. The zero-order chi connectivity index (χ0) is 13.3. The third-order valence-electron chi connectivity index (χ3n) is 6.22. The highest BCUT2D eigenvalue weighted by Crippen LogP contribution is 2.59. The van der Waals surface area contributed by atoms with Crippen molar-refractivity contribution in [3.8, 4) is 0 Å². The molecule has 5 atom stereocenters. The molecule has 0 aliphatic heterocycles. The van der Waals surface area contributed by atoms with E-state index in [9.17, 15) is 4.79 Å². The van der Waals surface area contributed by atoms with Gasteiger partial charge in [0.2, 0.25) is 0 Å². The van der Waals surface area contributed by atoms with Gasteiger partial charge in [0, 0.05) is 12.3 Å². The minimum Gasteiger partial charge on any atom is -0.299 e. The van der Waals surface area contributed by atoms with Gasteiger partial charge in [0.1, 0.15) is 5.78 Å². The van der Waals surface area contributed by atoms with E-state index in [1.54, 1.807) is 0 Å². The number of rotatable bonds is 4. The zero-order valence-corrected chi connectivity index (χ0v) is 12.7. The van der Waals surface area contributed by atoms with Crippen LogP contribution in [0, 0.1) is 29.1 Å². The van der Waals surface area contributed by atoms with Gasteiger partial charge in [0.25, 0.3) is 0 Å². The average Bonchev–Trinajstić information content (AvgIpc) is 2.70. The number of hydrogen-bond donors (Lipinski definition) is 0. The molecule has 18 heavy (non-hydrogen) atoms. The molecular weight excluding hydrogens is 220 g/mol. The van der Waals surface area contributed by atoms with Crippen LogP contribution < -0.4 is 0 Å². The summed E-state index contributed by atoms with van der Waals surface area (Å²) in [6.07, 6.45) is 8.27. The molecule has 1 nitrogen and oxygen atoms in total. The van der Waals surface area contributed by atoms with Crippen LogP contribution >= 0.6 is 0 Å². The van der Waals surface area contributed by atoms with Crippen LogP contribution in [0.1, 0.15) is 72.6 Å². The van der Waals surface area contributed by atoms with E-state index in [-0.39, 0.29) is 0 Å². The van der Waals surface area contributed by atoms with Crippen LogP contribution in [0.15, 0.2) is 0 Å². The fraction of sp³-hybridized carbons (Fsp3) is 0.941. The van der Waals surface area contributed by atoms with Gasteiger partial charge in [-0.1, -0.05) is 40.5 Å². The van der Waals surface area contributed by atoms with E-state index in [1.807, 2.05) is 0 Å². The van der Waals surface area contributed by atoms with Gasteiger partial charge in [0.05, 0.1) is 0 Å². The van der Waals surface area contributed by atoms with Crippen molar-refractivity contribution in [1.29, 1.82) is 0 Å². The van der Waals surface area contributed by atoms with Crippen LogP contribution in [-0.2, 0) is 4.79 Å². The van der Waals surface area contributed by atoms with Gasteiger partial charge in [-0.15, -0.1) is 0 Å². The van der Waals surface area contributed by atoms with Gasteiger partial charge in [0.15, 0.2) is 0 Å². The summed E-state index contributed by atoms with van der Waals surface area (Å²) in [4.78, 5) is 12.2. The Bertz CT molecular complexity index is 309. The molecular formula is C17H30O. The highest BCUT2D eigenvalue weighted by molar-refractivity contribution is 5.82. The highest BCUT2D eigenvalue weighted by Gasteiger charge is 2.53. The summed E-state index contributed by atoms with van der Waals surface area (Å²) < 4.78 is 0. The number of ketones is 1. The lowest BCUT2D eigenvalue weighted by atomic mass is 9.58. The Morgan fingerprint density at radius 3 is 2.67 bits per heavy atom. The normalized spacial score (nSPS) is 41.8. The predicted octanol–water partition coefficient (Wildman–Crippen LogP) is 4.84. The van der Waals surface area contributed by atoms with Crippen molar-refractivity contribution in [1.82, 2.24) is 0 Å². The van der Waals surface area contributed by atoms with Crippen LogP contribution in [0.4, 0.5) is 0 Å². The molecule has 0 saturated heterocycles. The molecule has 104 valence electrons. The Hall–Kier alpha value is -0.330. The average molecular weight is 250 g/mol. The summed E-state index contributed by atoms with van der Waals surface area (Å²) in [5, 5.41) is 0. The van der Waals surface area contributed by atoms with Crippen LogP contribution in [0.5, 0.6) is 0 Å². The molecule has 0 aromatic carbocycles.